The molecular formula is C8H17NO. The van der Waals surface area contributed by atoms with E-state index in [2.05, 4.69) is 6.92 Å². The molecule has 2 heteroatoms. The van der Waals surface area contributed by atoms with Crippen LogP contribution >= 0.6 is 0 Å². The summed E-state index contributed by atoms with van der Waals surface area (Å²) in [6.45, 7) is 2.35. The van der Waals surface area contributed by atoms with E-state index < -0.39 is 0 Å². The molecule has 0 bridgehead atoms. The van der Waals surface area contributed by atoms with E-state index in [0.29, 0.717) is 5.92 Å². The molecule has 1 rings (SSSR count). The van der Waals surface area contributed by atoms with E-state index in [-0.39, 0.29) is 12.1 Å². The summed E-state index contributed by atoms with van der Waals surface area (Å²) in [6.07, 6.45) is 4.72. The number of hydrogen-bond acceptors (Lipinski definition) is 2. The second kappa shape index (κ2) is 2.89. The Bertz CT molecular complexity index is 116. The van der Waals surface area contributed by atoms with Crippen molar-refractivity contribution in [1.29, 1.82) is 0 Å². The van der Waals surface area contributed by atoms with Crippen LogP contribution in [0.15, 0.2) is 0 Å². The molecule has 10 heavy (non-hydrogen) atoms. The summed E-state index contributed by atoms with van der Waals surface area (Å²) in [4.78, 5) is 0. The van der Waals surface area contributed by atoms with E-state index in [4.69, 9.17) is 10.8 Å². The van der Waals surface area contributed by atoms with Crippen molar-refractivity contribution < 1.29 is 5.11 Å². The smallest absolute Gasteiger partial charge is 0.0614 e. The second-order valence-corrected chi connectivity index (χ2v) is 3.43. The highest BCUT2D eigenvalue weighted by Gasteiger charge is 2.49. The SMILES string of the molecule is CCCCC1CC1(N)CO. The number of rotatable bonds is 4. The van der Waals surface area contributed by atoms with Gasteiger partial charge in [-0.1, -0.05) is 19.8 Å². The minimum atomic E-state index is -0.185. The zero-order valence-corrected chi connectivity index (χ0v) is 6.64. The van der Waals surface area contributed by atoms with Gasteiger partial charge in [-0.25, -0.2) is 0 Å². The molecule has 0 aromatic carbocycles. The number of hydrogen-bond donors (Lipinski definition) is 2. The van der Waals surface area contributed by atoms with Gasteiger partial charge in [0.05, 0.1) is 6.61 Å². The van der Waals surface area contributed by atoms with Gasteiger partial charge in [-0.15, -0.1) is 0 Å². The van der Waals surface area contributed by atoms with Crippen molar-refractivity contribution in [2.75, 3.05) is 6.61 Å². The van der Waals surface area contributed by atoms with E-state index in [1.54, 1.807) is 0 Å². The first-order chi connectivity index (χ1) is 4.73. The lowest BCUT2D eigenvalue weighted by Gasteiger charge is -2.05. The van der Waals surface area contributed by atoms with Crippen LogP contribution < -0.4 is 5.73 Å². The third-order valence-electron chi connectivity index (χ3n) is 2.48. The van der Waals surface area contributed by atoms with Gasteiger partial charge in [0.2, 0.25) is 0 Å². The van der Waals surface area contributed by atoms with Crippen LogP contribution in [0.2, 0.25) is 0 Å². The van der Waals surface area contributed by atoms with Crippen LogP contribution in [0.25, 0.3) is 0 Å². The zero-order valence-electron chi connectivity index (χ0n) is 6.64. The third-order valence-corrected chi connectivity index (χ3v) is 2.48. The molecule has 60 valence electrons. The lowest BCUT2D eigenvalue weighted by molar-refractivity contribution is 0.245. The van der Waals surface area contributed by atoms with E-state index in [0.717, 1.165) is 6.42 Å². The second-order valence-electron chi connectivity index (χ2n) is 3.43. The van der Waals surface area contributed by atoms with Crippen molar-refractivity contribution in [1.82, 2.24) is 0 Å². The largest absolute Gasteiger partial charge is 0.394 e. The van der Waals surface area contributed by atoms with E-state index in [9.17, 15) is 0 Å². The van der Waals surface area contributed by atoms with Crippen molar-refractivity contribution in [2.24, 2.45) is 11.7 Å². The monoisotopic (exact) mass is 143 g/mol. The minimum absolute atomic E-state index is 0.168. The van der Waals surface area contributed by atoms with Crippen LogP contribution in [0, 0.1) is 5.92 Å². The molecule has 0 radical (unpaired) electrons. The molecule has 0 heterocycles. The third kappa shape index (κ3) is 1.50. The summed E-state index contributed by atoms with van der Waals surface area (Å²) in [6, 6.07) is 0. The van der Waals surface area contributed by atoms with Gasteiger partial charge in [0.1, 0.15) is 0 Å². The Hall–Kier alpha value is -0.0800. The summed E-state index contributed by atoms with van der Waals surface area (Å²) >= 11 is 0. The van der Waals surface area contributed by atoms with Crippen LogP contribution in [-0.2, 0) is 0 Å². The van der Waals surface area contributed by atoms with Gasteiger partial charge in [-0.2, -0.15) is 0 Å². The maximum absolute atomic E-state index is 8.81. The summed E-state index contributed by atoms with van der Waals surface area (Å²) in [5, 5.41) is 8.81. The molecule has 1 aliphatic rings. The quantitative estimate of drug-likeness (QED) is 0.614. The van der Waals surface area contributed by atoms with Gasteiger partial charge in [0.15, 0.2) is 0 Å². The maximum atomic E-state index is 8.81. The van der Waals surface area contributed by atoms with Crippen LogP contribution in [0.3, 0.4) is 0 Å². The first kappa shape index (κ1) is 8.02. The van der Waals surface area contributed by atoms with Gasteiger partial charge < -0.3 is 10.8 Å². The molecule has 0 saturated heterocycles. The first-order valence-electron chi connectivity index (χ1n) is 4.12. The number of unbranched alkanes of at least 4 members (excludes halogenated alkanes) is 1. The zero-order chi connectivity index (χ0) is 7.61. The van der Waals surface area contributed by atoms with Gasteiger partial charge in [0.25, 0.3) is 0 Å². The fourth-order valence-electron chi connectivity index (χ4n) is 1.43. The molecule has 2 unspecified atom stereocenters. The lowest BCUT2D eigenvalue weighted by Crippen LogP contribution is -2.29. The highest BCUT2D eigenvalue weighted by atomic mass is 16.3. The number of aliphatic hydroxyl groups excluding tert-OH is 1. The molecule has 3 N–H and O–H groups in total. The van der Waals surface area contributed by atoms with Crippen LogP contribution in [0.5, 0.6) is 0 Å². The van der Waals surface area contributed by atoms with E-state index in [1.807, 2.05) is 0 Å². The molecule has 2 atom stereocenters. The molecule has 0 amide bonds. The molecule has 1 fully saturated rings. The average Bonchev–Trinajstić information content (AvgIpc) is 2.59. The Labute approximate surface area is 62.4 Å². The minimum Gasteiger partial charge on any atom is -0.394 e. The Morgan fingerprint density at radius 3 is 2.80 bits per heavy atom. The fraction of sp³-hybridized carbons (Fsp3) is 1.00. The topological polar surface area (TPSA) is 46.2 Å². The lowest BCUT2D eigenvalue weighted by atomic mass is 10.1. The predicted molar refractivity (Wildman–Crippen MR) is 41.6 cm³/mol. The fourth-order valence-corrected chi connectivity index (χ4v) is 1.43. The average molecular weight is 143 g/mol. The van der Waals surface area contributed by atoms with Crippen LogP contribution in [-0.4, -0.2) is 17.3 Å². The summed E-state index contributed by atoms with van der Waals surface area (Å²) in [7, 11) is 0. The molecule has 1 saturated carbocycles. The number of nitrogens with two attached hydrogens (primary N) is 1. The molecule has 0 aromatic rings. The Kier molecular flexibility index (Phi) is 2.32. The van der Waals surface area contributed by atoms with Crippen molar-refractivity contribution in [3.63, 3.8) is 0 Å². The van der Waals surface area contributed by atoms with Crippen molar-refractivity contribution in [2.45, 2.75) is 38.1 Å². The van der Waals surface area contributed by atoms with Crippen molar-refractivity contribution >= 4 is 0 Å². The summed E-state index contributed by atoms with van der Waals surface area (Å²) in [5.41, 5.74) is 5.60. The van der Waals surface area contributed by atoms with Crippen molar-refractivity contribution in [3.8, 4) is 0 Å². The number of aliphatic hydroxyl groups is 1. The first-order valence-corrected chi connectivity index (χ1v) is 4.12. The summed E-state index contributed by atoms with van der Waals surface area (Å²) in [5.74, 6) is 0.609. The Morgan fingerprint density at radius 1 is 1.70 bits per heavy atom. The molecule has 0 aliphatic heterocycles. The normalized spacial score (nSPS) is 38.1. The van der Waals surface area contributed by atoms with Gasteiger partial charge >= 0.3 is 0 Å². The molecule has 1 aliphatic carbocycles. The highest BCUT2D eigenvalue weighted by molar-refractivity contribution is 5.06. The Balaban J connectivity index is 2.12. The van der Waals surface area contributed by atoms with Gasteiger partial charge in [-0.05, 0) is 18.8 Å². The van der Waals surface area contributed by atoms with Gasteiger partial charge in [-0.3, -0.25) is 0 Å². The van der Waals surface area contributed by atoms with E-state index in [1.165, 1.54) is 19.3 Å². The predicted octanol–water partition coefficient (Wildman–Crippen LogP) is 0.886. The standard InChI is InChI=1S/C8H17NO/c1-2-3-4-7-5-8(7,9)6-10/h7,10H,2-6,9H2,1H3. The molecule has 2 nitrogen and oxygen atoms in total. The van der Waals surface area contributed by atoms with Crippen molar-refractivity contribution in [3.05, 3.63) is 0 Å². The molecule has 0 spiro atoms. The Morgan fingerprint density at radius 2 is 2.40 bits per heavy atom. The van der Waals surface area contributed by atoms with E-state index >= 15 is 0 Å². The maximum Gasteiger partial charge on any atom is 0.0614 e. The van der Waals surface area contributed by atoms with Gasteiger partial charge in [0, 0.05) is 5.54 Å². The molecule has 0 aromatic heterocycles. The highest BCUT2D eigenvalue weighted by Crippen LogP contribution is 2.43. The molecular weight excluding hydrogens is 126 g/mol. The van der Waals surface area contributed by atoms with Crippen LogP contribution in [0.1, 0.15) is 32.6 Å². The summed E-state index contributed by atoms with van der Waals surface area (Å²) < 4.78 is 0. The van der Waals surface area contributed by atoms with Crippen LogP contribution in [0.4, 0.5) is 0 Å².